The number of esters is 1. The smallest absolute Gasteiger partial charge is 0.341 e. The summed E-state index contributed by atoms with van der Waals surface area (Å²) in [5, 5.41) is 3.51. The van der Waals surface area contributed by atoms with Crippen molar-refractivity contribution in [2.45, 2.75) is 51.9 Å². The van der Waals surface area contributed by atoms with E-state index in [1.54, 1.807) is 6.92 Å². The average Bonchev–Trinajstić information content (AvgIpc) is 2.74. The molecule has 20 heavy (non-hydrogen) atoms. The van der Waals surface area contributed by atoms with Crippen LogP contribution in [0.5, 0.6) is 0 Å². The van der Waals surface area contributed by atoms with Gasteiger partial charge in [0.15, 0.2) is 0 Å². The van der Waals surface area contributed by atoms with Crippen molar-refractivity contribution in [2.24, 2.45) is 0 Å². The standard InChI is InChI=1S/C15H21NO3S/c1-3-12(17)16-14-13(15(18)19-2)10-8-6-4-5-7-9-11(10)20-14/h3-9H2,1-2H3,(H,16,17). The summed E-state index contributed by atoms with van der Waals surface area (Å²) in [5.74, 6) is -0.404. The van der Waals surface area contributed by atoms with E-state index in [-0.39, 0.29) is 11.9 Å². The maximum Gasteiger partial charge on any atom is 0.341 e. The number of methoxy groups -OCH3 is 1. The molecule has 1 aliphatic rings. The molecular weight excluding hydrogens is 274 g/mol. The largest absolute Gasteiger partial charge is 0.465 e. The number of carbonyl (C=O) groups is 2. The molecule has 1 aromatic rings. The molecule has 0 saturated heterocycles. The molecule has 1 amide bonds. The van der Waals surface area contributed by atoms with Crippen molar-refractivity contribution in [1.82, 2.24) is 0 Å². The monoisotopic (exact) mass is 295 g/mol. The lowest BCUT2D eigenvalue weighted by atomic mass is 9.96. The fraction of sp³-hybridized carbons (Fsp3) is 0.600. The summed E-state index contributed by atoms with van der Waals surface area (Å²) >= 11 is 1.54. The minimum atomic E-state index is -0.338. The Morgan fingerprint density at radius 1 is 1.20 bits per heavy atom. The van der Waals surface area contributed by atoms with Crippen LogP contribution in [0.15, 0.2) is 0 Å². The van der Waals surface area contributed by atoms with Gasteiger partial charge in [0, 0.05) is 11.3 Å². The molecule has 1 aromatic heterocycles. The van der Waals surface area contributed by atoms with Gasteiger partial charge in [0.1, 0.15) is 5.00 Å². The maximum absolute atomic E-state index is 12.1. The van der Waals surface area contributed by atoms with Gasteiger partial charge < -0.3 is 10.1 Å². The van der Waals surface area contributed by atoms with Gasteiger partial charge in [-0.1, -0.05) is 19.8 Å². The fourth-order valence-electron chi connectivity index (χ4n) is 2.54. The summed E-state index contributed by atoms with van der Waals surface area (Å²) in [6.07, 6.45) is 6.98. The zero-order chi connectivity index (χ0) is 14.5. The number of aryl methyl sites for hydroxylation is 1. The highest BCUT2D eigenvalue weighted by Gasteiger charge is 2.25. The number of nitrogens with one attached hydrogen (secondary N) is 1. The van der Waals surface area contributed by atoms with Gasteiger partial charge in [0.2, 0.25) is 5.91 Å². The summed E-state index contributed by atoms with van der Waals surface area (Å²) in [6, 6.07) is 0. The lowest BCUT2D eigenvalue weighted by Crippen LogP contribution is -2.13. The fourth-order valence-corrected chi connectivity index (χ4v) is 3.83. The number of hydrogen-bond acceptors (Lipinski definition) is 4. The van der Waals surface area contributed by atoms with Crippen molar-refractivity contribution in [3.8, 4) is 0 Å². The van der Waals surface area contributed by atoms with Gasteiger partial charge in [-0.3, -0.25) is 4.79 Å². The van der Waals surface area contributed by atoms with E-state index in [1.165, 1.54) is 36.2 Å². The van der Waals surface area contributed by atoms with Crippen LogP contribution in [0.25, 0.3) is 0 Å². The second kappa shape index (κ2) is 6.88. The molecule has 110 valence electrons. The summed E-state index contributed by atoms with van der Waals surface area (Å²) in [4.78, 5) is 24.9. The van der Waals surface area contributed by atoms with E-state index in [0.29, 0.717) is 17.0 Å². The maximum atomic E-state index is 12.1. The predicted molar refractivity (Wildman–Crippen MR) is 80.5 cm³/mol. The highest BCUT2D eigenvalue weighted by molar-refractivity contribution is 7.17. The van der Waals surface area contributed by atoms with Crippen LogP contribution < -0.4 is 5.32 Å². The lowest BCUT2D eigenvalue weighted by molar-refractivity contribution is -0.115. The third-order valence-electron chi connectivity index (χ3n) is 3.63. The third kappa shape index (κ3) is 3.20. The van der Waals surface area contributed by atoms with Gasteiger partial charge in [-0.25, -0.2) is 4.79 Å². The number of carbonyl (C=O) groups excluding carboxylic acids is 2. The number of fused-ring (bicyclic) bond motifs is 1. The van der Waals surface area contributed by atoms with Crippen molar-refractivity contribution in [3.05, 3.63) is 16.0 Å². The Bertz CT molecular complexity index is 507. The Labute approximate surface area is 123 Å². The zero-order valence-electron chi connectivity index (χ0n) is 12.1. The molecule has 0 fully saturated rings. The topological polar surface area (TPSA) is 55.4 Å². The van der Waals surface area contributed by atoms with Crippen LogP contribution in [-0.4, -0.2) is 19.0 Å². The van der Waals surface area contributed by atoms with Gasteiger partial charge in [0.05, 0.1) is 12.7 Å². The number of rotatable bonds is 3. The number of anilines is 1. The lowest BCUT2D eigenvalue weighted by Gasteiger charge is -2.10. The SMILES string of the molecule is CCC(=O)Nc1sc2c(c1C(=O)OC)CCCCCC2. The number of amides is 1. The molecule has 0 radical (unpaired) electrons. The van der Waals surface area contributed by atoms with Gasteiger partial charge in [0.25, 0.3) is 0 Å². The first-order valence-electron chi connectivity index (χ1n) is 7.20. The molecule has 0 spiro atoms. The Balaban J connectivity index is 2.41. The Kier molecular flexibility index (Phi) is 5.17. The quantitative estimate of drug-likeness (QED) is 0.868. The van der Waals surface area contributed by atoms with E-state index in [4.69, 9.17) is 4.74 Å². The van der Waals surface area contributed by atoms with Crippen molar-refractivity contribution < 1.29 is 14.3 Å². The molecule has 1 aliphatic carbocycles. The van der Waals surface area contributed by atoms with E-state index in [9.17, 15) is 9.59 Å². The van der Waals surface area contributed by atoms with Crippen molar-refractivity contribution >= 4 is 28.2 Å². The summed E-state index contributed by atoms with van der Waals surface area (Å²) in [5.41, 5.74) is 1.67. The Morgan fingerprint density at radius 3 is 2.55 bits per heavy atom. The van der Waals surface area contributed by atoms with E-state index < -0.39 is 0 Å². The molecule has 0 bridgehead atoms. The van der Waals surface area contributed by atoms with Crippen LogP contribution in [0.3, 0.4) is 0 Å². The zero-order valence-corrected chi connectivity index (χ0v) is 12.9. The molecule has 0 aliphatic heterocycles. The first-order chi connectivity index (χ1) is 9.67. The normalized spacial score (nSPS) is 14.9. The molecule has 5 heteroatoms. The van der Waals surface area contributed by atoms with Crippen LogP contribution in [-0.2, 0) is 22.4 Å². The minimum absolute atomic E-state index is 0.0654. The van der Waals surface area contributed by atoms with E-state index >= 15 is 0 Å². The Morgan fingerprint density at radius 2 is 1.90 bits per heavy atom. The molecule has 4 nitrogen and oxygen atoms in total. The third-order valence-corrected chi connectivity index (χ3v) is 4.84. The van der Waals surface area contributed by atoms with E-state index in [0.717, 1.165) is 31.2 Å². The second-order valence-electron chi connectivity index (χ2n) is 5.02. The average molecular weight is 295 g/mol. The molecule has 0 unspecified atom stereocenters. The van der Waals surface area contributed by atoms with Crippen LogP contribution in [0.4, 0.5) is 5.00 Å². The first kappa shape index (κ1) is 15.0. The van der Waals surface area contributed by atoms with E-state index in [1.807, 2.05) is 0 Å². The van der Waals surface area contributed by atoms with Crippen LogP contribution in [0.1, 0.15) is 59.8 Å². The van der Waals surface area contributed by atoms with Crippen LogP contribution in [0.2, 0.25) is 0 Å². The van der Waals surface area contributed by atoms with Gasteiger partial charge in [-0.15, -0.1) is 11.3 Å². The summed E-state index contributed by atoms with van der Waals surface area (Å²) in [7, 11) is 1.39. The minimum Gasteiger partial charge on any atom is -0.465 e. The molecule has 0 atom stereocenters. The van der Waals surface area contributed by atoms with Crippen molar-refractivity contribution in [3.63, 3.8) is 0 Å². The molecule has 2 rings (SSSR count). The Hall–Kier alpha value is -1.36. The summed E-state index contributed by atoms with van der Waals surface area (Å²) < 4.78 is 4.91. The van der Waals surface area contributed by atoms with Crippen LogP contribution >= 0.6 is 11.3 Å². The second-order valence-corrected chi connectivity index (χ2v) is 6.12. The van der Waals surface area contributed by atoms with Gasteiger partial charge in [-0.2, -0.15) is 0 Å². The van der Waals surface area contributed by atoms with Crippen LogP contribution in [0, 0.1) is 0 Å². The first-order valence-corrected chi connectivity index (χ1v) is 8.01. The molecule has 0 aromatic carbocycles. The number of thiophene rings is 1. The van der Waals surface area contributed by atoms with Crippen molar-refractivity contribution in [1.29, 1.82) is 0 Å². The molecule has 0 saturated carbocycles. The molecule has 1 N–H and O–H groups in total. The van der Waals surface area contributed by atoms with E-state index in [2.05, 4.69) is 5.32 Å². The highest BCUT2D eigenvalue weighted by atomic mass is 32.1. The predicted octanol–water partition coefficient (Wildman–Crippen LogP) is 3.54. The molecule has 1 heterocycles. The highest BCUT2D eigenvalue weighted by Crippen LogP contribution is 2.37. The molecular formula is C15H21NO3S. The summed E-state index contributed by atoms with van der Waals surface area (Å²) in [6.45, 7) is 1.80. The van der Waals surface area contributed by atoms with Gasteiger partial charge in [-0.05, 0) is 31.2 Å². The van der Waals surface area contributed by atoms with Gasteiger partial charge >= 0.3 is 5.97 Å². The number of ether oxygens (including phenoxy) is 1. The number of hydrogen-bond donors (Lipinski definition) is 1. The van der Waals surface area contributed by atoms with Crippen molar-refractivity contribution in [2.75, 3.05) is 12.4 Å².